The monoisotopic (exact) mass is 261 g/mol. The lowest BCUT2D eigenvalue weighted by molar-refractivity contribution is 0.350. The van der Waals surface area contributed by atoms with E-state index in [1.165, 1.54) is 12.8 Å². The Labute approximate surface area is 115 Å². The molecule has 0 heterocycles. The number of nitrogens with zero attached hydrogens (tertiary/aromatic N) is 1. The molecule has 0 spiro atoms. The fourth-order valence-electron chi connectivity index (χ4n) is 2.57. The lowest BCUT2D eigenvalue weighted by atomic mass is 9.88. The Bertz CT molecular complexity index is 460. The summed E-state index contributed by atoms with van der Waals surface area (Å²) in [5.74, 6) is 1.89. The van der Waals surface area contributed by atoms with Crippen LogP contribution in [0.15, 0.2) is 17.1 Å². The number of aliphatic imine (C=N–C) groups is 1. The average Bonchev–Trinajstić information content (AvgIpc) is 2.42. The van der Waals surface area contributed by atoms with Crippen molar-refractivity contribution in [2.24, 2.45) is 10.9 Å². The SMILES string of the molecule is COc1cc(C)c(O)c(C=NC2CCC(C)CC2)c1. The summed E-state index contributed by atoms with van der Waals surface area (Å²) in [6.07, 6.45) is 6.62. The zero-order chi connectivity index (χ0) is 13.8. The van der Waals surface area contributed by atoms with E-state index >= 15 is 0 Å². The Hall–Kier alpha value is -1.51. The molecule has 0 aliphatic heterocycles. The van der Waals surface area contributed by atoms with Crippen LogP contribution < -0.4 is 4.74 Å². The minimum Gasteiger partial charge on any atom is -0.507 e. The van der Waals surface area contributed by atoms with Crippen molar-refractivity contribution in [3.8, 4) is 11.5 Å². The maximum atomic E-state index is 10.0. The maximum absolute atomic E-state index is 10.0. The molecule has 0 amide bonds. The second-order valence-electron chi connectivity index (χ2n) is 5.57. The van der Waals surface area contributed by atoms with Crippen molar-refractivity contribution in [1.29, 1.82) is 0 Å². The normalized spacial score (nSPS) is 23.7. The van der Waals surface area contributed by atoms with Gasteiger partial charge in [-0.25, -0.2) is 0 Å². The predicted molar refractivity (Wildman–Crippen MR) is 78.4 cm³/mol. The summed E-state index contributed by atoms with van der Waals surface area (Å²) in [6, 6.07) is 4.06. The Morgan fingerprint density at radius 3 is 2.58 bits per heavy atom. The van der Waals surface area contributed by atoms with Gasteiger partial charge in [-0.1, -0.05) is 6.92 Å². The van der Waals surface area contributed by atoms with Crippen molar-refractivity contribution in [3.05, 3.63) is 23.3 Å². The highest BCUT2D eigenvalue weighted by atomic mass is 16.5. The van der Waals surface area contributed by atoms with Gasteiger partial charge in [0, 0.05) is 17.8 Å². The molecular formula is C16H23NO2. The van der Waals surface area contributed by atoms with Crippen LogP contribution in [0.3, 0.4) is 0 Å². The smallest absolute Gasteiger partial charge is 0.127 e. The van der Waals surface area contributed by atoms with Gasteiger partial charge < -0.3 is 9.84 Å². The number of phenols is 1. The number of phenolic OH excluding ortho intramolecular Hbond substituents is 1. The van der Waals surface area contributed by atoms with Crippen LogP contribution in [0.25, 0.3) is 0 Å². The van der Waals surface area contributed by atoms with Crippen LogP contribution in [-0.4, -0.2) is 24.5 Å². The third-order valence-corrected chi connectivity index (χ3v) is 3.95. The number of hydrogen-bond donors (Lipinski definition) is 1. The van der Waals surface area contributed by atoms with Gasteiger partial charge >= 0.3 is 0 Å². The number of hydrogen-bond acceptors (Lipinski definition) is 3. The van der Waals surface area contributed by atoms with Gasteiger partial charge in [0.25, 0.3) is 0 Å². The molecule has 0 bridgehead atoms. The highest BCUT2D eigenvalue weighted by molar-refractivity contribution is 5.85. The maximum Gasteiger partial charge on any atom is 0.127 e. The Kier molecular flexibility index (Phi) is 4.46. The van der Waals surface area contributed by atoms with Crippen LogP contribution in [-0.2, 0) is 0 Å². The average molecular weight is 261 g/mol. The quantitative estimate of drug-likeness (QED) is 0.843. The number of rotatable bonds is 3. The van der Waals surface area contributed by atoms with E-state index in [-0.39, 0.29) is 0 Å². The molecule has 0 radical (unpaired) electrons. The number of methoxy groups -OCH3 is 1. The molecule has 1 aromatic rings. The molecular weight excluding hydrogens is 238 g/mol. The molecule has 1 aliphatic rings. The Morgan fingerprint density at radius 2 is 1.95 bits per heavy atom. The van der Waals surface area contributed by atoms with E-state index in [0.717, 1.165) is 35.6 Å². The van der Waals surface area contributed by atoms with Gasteiger partial charge in [0.1, 0.15) is 11.5 Å². The lowest BCUT2D eigenvalue weighted by Crippen LogP contribution is -2.15. The molecule has 0 unspecified atom stereocenters. The Balaban J connectivity index is 2.12. The second kappa shape index (κ2) is 6.09. The lowest BCUT2D eigenvalue weighted by Gasteiger charge is -2.23. The van der Waals surface area contributed by atoms with Gasteiger partial charge in [0.2, 0.25) is 0 Å². The summed E-state index contributed by atoms with van der Waals surface area (Å²) >= 11 is 0. The van der Waals surface area contributed by atoms with Crippen molar-refractivity contribution in [2.75, 3.05) is 7.11 Å². The first-order valence-corrected chi connectivity index (χ1v) is 7.01. The first-order valence-electron chi connectivity index (χ1n) is 7.01. The molecule has 0 saturated heterocycles. The number of aromatic hydroxyl groups is 1. The van der Waals surface area contributed by atoms with Crippen LogP contribution in [0.2, 0.25) is 0 Å². The van der Waals surface area contributed by atoms with Crippen molar-refractivity contribution in [1.82, 2.24) is 0 Å². The molecule has 2 rings (SSSR count). The van der Waals surface area contributed by atoms with Crippen LogP contribution in [0.1, 0.15) is 43.7 Å². The highest BCUT2D eigenvalue weighted by Gasteiger charge is 2.16. The molecule has 1 aromatic carbocycles. The molecule has 0 atom stereocenters. The number of ether oxygens (including phenoxy) is 1. The summed E-state index contributed by atoms with van der Waals surface area (Å²) < 4.78 is 5.22. The highest BCUT2D eigenvalue weighted by Crippen LogP contribution is 2.28. The molecule has 1 N–H and O–H groups in total. The van der Waals surface area contributed by atoms with Gasteiger partial charge in [0.15, 0.2) is 0 Å². The molecule has 104 valence electrons. The summed E-state index contributed by atoms with van der Waals surface area (Å²) in [5.41, 5.74) is 1.56. The molecule has 3 heteroatoms. The van der Waals surface area contributed by atoms with E-state index in [9.17, 15) is 5.11 Å². The third kappa shape index (κ3) is 3.49. The summed E-state index contributed by atoms with van der Waals surface area (Å²) in [7, 11) is 1.63. The molecule has 19 heavy (non-hydrogen) atoms. The largest absolute Gasteiger partial charge is 0.507 e. The molecule has 0 aromatic heterocycles. The molecule has 3 nitrogen and oxygen atoms in total. The van der Waals surface area contributed by atoms with E-state index in [0.29, 0.717) is 11.8 Å². The second-order valence-corrected chi connectivity index (χ2v) is 5.57. The van der Waals surface area contributed by atoms with Crippen molar-refractivity contribution in [3.63, 3.8) is 0 Å². The van der Waals surface area contributed by atoms with Crippen LogP contribution >= 0.6 is 0 Å². The predicted octanol–water partition coefficient (Wildman–Crippen LogP) is 3.71. The van der Waals surface area contributed by atoms with Crippen molar-refractivity contribution in [2.45, 2.75) is 45.6 Å². The van der Waals surface area contributed by atoms with Crippen LogP contribution in [0.5, 0.6) is 11.5 Å². The number of aryl methyl sites for hydroxylation is 1. The number of benzene rings is 1. The van der Waals surface area contributed by atoms with Crippen molar-refractivity contribution < 1.29 is 9.84 Å². The van der Waals surface area contributed by atoms with Gasteiger partial charge in [-0.2, -0.15) is 0 Å². The minimum atomic E-state index is 0.300. The standard InChI is InChI=1S/C16H23NO2/c1-11-4-6-14(7-5-11)17-10-13-9-15(19-3)8-12(2)16(13)18/h8-11,14,18H,4-7H2,1-3H3. The zero-order valence-electron chi connectivity index (χ0n) is 12.0. The fraction of sp³-hybridized carbons (Fsp3) is 0.562. The Morgan fingerprint density at radius 1 is 1.26 bits per heavy atom. The zero-order valence-corrected chi connectivity index (χ0v) is 12.0. The van der Waals surface area contributed by atoms with Gasteiger partial charge in [-0.05, 0) is 56.2 Å². The van der Waals surface area contributed by atoms with E-state index in [2.05, 4.69) is 11.9 Å². The van der Waals surface area contributed by atoms with E-state index < -0.39 is 0 Å². The van der Waals surface area contributed by atoms with E-state index in [1.807, 2.05) is 19.1 Å². The molecule has 1 aliphatic carbocycles. The summed E-state index contributed by atoms with van der Waals surface area (Å²) in [5, 5.41) is 10.0. The third-order valence-electron chi connectivity index (χ3n) is 3.95. The first kappa shape index (κ1) is 13.9. The van der Waals surface area contributed by atoms with Gasteiger partial charge in [-0.15, -0.1) is 0 Å². The van der Waals surface area contributed by atoms with Gasteiger partial charge in [0.05, 0.1) is 7.11 Å². The minimum absolute atomic E-state index is 0.300. The van der Waals surface area contributed by atoms with Crippen LogP contribution in [0, 0.1) is 12.8 Å². The first-order chi connectivity index (χ1) is 9.10. The van der Waals surface area contributed by atoms with E-state index in [4.69, 9.17) is 4.74 Å². The summed E-state index contributed by atoms with van der Waals surface area (Å²) in [6.45, 7) is 4.18. The molecule has 1 saturated carbocycles. The van der Waals surface area contributed by atoms with E-state index in [1.54, 1.807) is 13.3 Å². The fourth-order valence-corrected chi connectivity index (χ4v) is 2.57. The topological polar surface area (TPSA) is 41.8 Å². The van der Waals surface area contributed by atoms with Gasteiger partial charge in [-0.3, -0.25) is 4.99 Å². The summed E-state index contributed by atoms with van der Waals surface area (Å²) in [4.78, 5) is 4.62. The molecule has 1 fully saturated rings. The van der Waals surface area contributed by atoms with Crippen molar-refractivity contribution >= 4 is 6.21 Å². The van der Waals surface area contributed by atoms with Crippen LogP contribution in [0.4, 0.5) is 0 Å².